The van der Waals surface area contributed by atoms with Crippen LogP contribution in [0.2, 0.25) is 0 Å². The predicted octanol–water partition coefficient (Wildman–Crippen LogP) is 2.73. The number of hydrogen-bond donors (Lipinski definition) is 4. The van der Waals surface area contributed by atoms with Crippen molar-refractivity contribution in [3.05, 3.63) is 71.3 Å². The fraction of sp³-hybridized carbons (Fsp3) is 0.464. The Bertz CT molecular complexity index is 1080. The number of aliphatic carboxylic acids is 1. The highest BCUT2D eigenvalue weighted by Crippen LogP contribution is 2.24. The number of aryl methyl sites for hydroxylation is 1. The van der Waals surface area contributed by atoms with Crippen LogP contribution in [0.3, 0.4) is 0 Å². The number of carbonyl (C=O) groups excluding carboxylic acids is 2. The number of nitrogens with one attached hydrogen (secondary N) is 1. The van der Waals surface area contributed by atoms with E-state index in [1.165, 1.54) is 4.90 Å². The van der Waals surface area contributed by atoms with Crippen LogP contribution in [0.25, 0.3) is 0 Å². The molecule has 1 aliphatic rings. The molecule has 2 aromatic carbocycles. The van der Waals surface area contributed by atoms with Crippen molar-refractivity contribution in [3.63, 3.8) is 0 Å². The summed E-state index contributed by atoms with van der Waals surface area (Å²) in [5.74, 6) is -1.95. The molecular weight excluding hydrogens is 506 g/mol. The second-order valence-electron chi connectivity index (χ2n) is 9.57. The SMILES string of the molecule is CC(NC(CCc1ccccc1)C(=O)OCCCCCON(O)O)C(=O)N1Cc2ccccc2CC1C(=O)O. The van der Waals surface area contributed by atoms with E-state index in [1.54, 1.807) is 6.92 Å². The molecule has 0 bridgehead atoms. The van der Waals surface area contributed by atoms with E-state index in [0.29, 0.717) is 32.1 Å². The Kier molecular flexibility index (Phi) is 11.8. The molecule has 4 N–H and O–H groups in total. The minimum absolute atomic E-state index is 0.111. The minimum atomic E-state index is -1.07. The van der Waals surface area contributed by atoms with Crippen molar-refractivity contribution in [2.45, 2.75) is 70.1 Å². The van der Waals surface area contributed by atoms with Gasteiger partial charge in [0.05, 0.1) is 24.6 Å². The van der Waals surface area contributed by atoms with E-state index in [-0.39, 0.29) is 31.6 Å². The molecule has 0 spiro atoms. The summed E-state index contributed by atoms with van der Waals surface area (Å²) < 4.78 is 5.48. The number of ether oxygens (including phenoxy) is 1. The molecule has 3 rings (SSSR count). The first kappa shape index (κ1) is 30.2. The summed E-state index contributed by atoms with van der Waals surface area (Å²) in [6, 6.07) is 14.6. The average molecular weight is 544 g/mol. The lowest BCUT2D eigenvalue weighted by molar-refractivity contribution is -0.492. The number of unbranched alkanes of at least 4 members (excludes halogenated alkanes) is 2. The number of benzene rings is 2. The van der Waals surface area contributed by atoms with Crippen LogP contribution >= 0.6 is 0 Å². The first-order valence-electron chi connectivity index (χ1n) is 13.1. The van der Waals surface area contributed by atoms with Gasteiger partial charge in [0.1, 0.15) is 12.1 Å². The van der Waals surface area contributed by atoms with E-state index in [2.05, 4.69) is 10.2 Å². The van der Waals surface area contributed by atoms with Crippen molar-refractivity contribution >= 4 is 17.8 Å². The largest absolute Gasteiger partial charge is 0.480 e. The van der Waals surface area contributed by atoms with Gasteiger partial charge in [-0.3, -0.25) is 30.2 Å². The summed E-state index contributed by atoms with van der Waals surface area (Å²) in [6.45, 7) is 2.10. The number of esters is 1. The molecule has 1 aliphatic heterocycles. The molecule has 39 heavy (non-hydrogen) atoms. The van der Waals surface area contributed by atoms with E-state index < -0.39 is 36.0 Å². The van der Waals surface area contributed by atoms with Crippen LogP contribution in [-0.2, 0) is 43.3 Å². The molecule has 2 aromatic rings. The standard InChI is InChI=1S/C28H37N3O8/c1-20(26(32)30-19-23-13-7-6-12-22(23)18-25(30)27(33)34)29-24(15-14-21-10-4-2-5-11-21)28(35)38-16-8-3-9-17-39-31(36)37/h2,4-7,10-13,20,24-25,29,36-37H,3,8-9,14-19H2,1H3,(H,33,34). The monoisotopic (exact) mass is 543 g/mol. The van der Waals surface area contributed by atoms with Crippen molar-refractivity contribution in [1.29, 1.82) is 0 Å². The zero-order valence-electron chi connectivity index (χ0n) is 22.1. The van der Waals surface area contributed by atoms with Gasteiger partial charge in [-0.15, -0.1) is 0 Å². The maximum atomic E-state index is 13.5. The third kappa shape index (κ3) is 9.41. The Hall–Kier alpha value is -3.35. The second kappa shape index (κ2) is 15.3. The average Bonchev–Trinajstić information content (AvgIpc) is 2.93. The fourth-order valence-electron chi connectivity index (χ4n) is 4.62. The van der Waals surface area contributed by atoms with Crippen LogP contribution in [-0.4, -0.2) is 75.0 Å². The number of carboxylic acids is 1. The summed E-state index contributed by atoms with van der Waals surface area (Å²) in [6.07, 6.45) is 2.94. The van der Waals surface area contributed by atoms with E-state index in [4.69, 9.17) is 15.2 Å². The van der Waals surface area contributed by atoms with Crippen LogP contribution in [0.15, 0.2) is 54.6 Å². The van der Waals surface area contributed by atoms with Crippen LogP contribution in [0.1, 0.15) is 49.3 Å². The van der Waals surface area contributed by atoms with Gasteiger partial charge in [0.25, 0.3) is 0 Å². The van der Waals surface area contributed by atoms with Gasteiger partial charge in [0, 0.05) is 13.0 Å². The van der Waals surface area contributed by atoms with E-state index in [9.17, 15) is 19.5 Å². The molecule has 3 unspecified atom stereocenters. The molecule has 1 heterocycles. The summed E-state index contributed by atoms with van der Waals surface area (Å²) >= 11 is 0. The number of carboxylic acid groups (broad SMARTS) is 1. The van der Waals surface area contributed by atoms with Crippen LogP contribution in [0.5, 0.6) is 0 Å². The summed E-state index contributed by atoms with van der Waals surface area (Å²) in [5, 5.41) is 29.7. The molecule has 11 nitrogen and oxygen atoms in total. The van der Waals surface area contributed by atoms with Crippen molar-refractivity contribution in [1.82, 2.24) is 15.6 Å². The van der Waals surface area contributed by atoms with E-state index >= 15 is 0 Å². The fourth-order valence-corrected chi connectivity index (χ4v) is 4.62. The quantitative estimate of drug-likeness (QED) is 0.150. The lowest BCUT2D eigenvalue weighted by Crippen LogP contribution is -2.56. The number of fused-ring (bicyclic) bond motifs is 1. The van der Waals surface area contributed by atoms with Gasteiger partial charge in [0.15, 0.2) is 0 Å². The van der Waals surface area contributed by atoms with Crippen LogP contribution in [0, 0.1) is 0 Å². The smallest absolute Gasteiger partial charge is 0.326 e. The van der Waals surface area contributed by atoms with Gasteiger partial charge >= 0.3 is 11.9 Å². The number of amides is 1. The van der Waals surface area contributed by atoms with Gasteiger partial charge < -0.3 is 14.7 Å². The Morgan fingerprint density at radius 1 is 1.00 bits per heavy atom. The van der Waals surface area contributed by atoms with E-state index in [0.717, 1.165) is 16.7 Å². The van der Waals surface area contributed by atoms with Crippen LogP contribution < -0.4 is 5.32 Å². The Balaban J connectivity index is 1.62. The minimum Gasteiger partial charge on any atom is -0.480 e. The summed E-state index contributed by atoms with van der Waals surface area (Å²) in [7, 11) is 0. The summed E-state index contributed by atoms with van der Waals surface area (Å²) in [4.78, 5) is 44.3. The van der Waals surface area contributed by atoms with Crippen molar-refractivity contribution < 1.29 is 39.5 Å². The molecule has 0 saturated carbocycles. The molecule has 11 heteroatoms. The predicted molar refractivity (Wildman–Crippen MR) is 139 cm³/mol. The van der Waals surface area contributed by atoms with Crippen molar-refractivity contribution in [3.8, 4) is 0 Å². The molecule has 1 amide bonds. The molecule has 0 aromatic heterocycles. The number of hydrogen-bond acceptors (Lipinski definition) is 9. The first-order chi connectivity index (χ1) is 18.8. The van der Waals surface area contributed by atoms with Gasteiger partial charge in [-0.1, -0.05) is 54.6 Å². The molecule has 3 atom stereocenters. The Morgan fingerprint density at radius 3 is 2.36 bits per heavy atom. The highest BCUT2D eigenvalue weighted by molar-refractivity contribution is 5.88. The molecule has 0 radical (unpaired) electrons. The van der Waals surface area contributed by atoms with Gasteiger partial charge in [-0.25, -0.2) is 4.79 Å². The number of rotatable bonds is 15. The molecule has 0 fully saturated rings. The van der Waals surface area contributed by atoms with Gasteiger partial charge in [0.2, 0.25) is 5.91 Å². The molecule has 212 valence electrons. The van der Waals surface area contributed by atoms with Crippen molar-refractivity contribution in [2.24, 2.45) is 0 Å². The second-order valence-corrected chi connectivity index (χ2v) is 9.57. The maximum absolute atomic E-state index is 13.5. The zero-order valence-corrected chi connectivity index (χ0v) is 22.1. The number of carbonyl (C=O) groups is 3. The maximum Gasteiger partial charge on any atom is 0.326 e. The Labute approximate surface area is 227 Å². The van der Waals surface area contributed by atoms with E-state index in [1.807, 2.05) is 54.6 Å². The first-order valence-corrected chi connectivity index (χ1v) is 13.1. The summed E-state index contributed by atoms with van der Waals surface area (Å²) in [5.41, 5.74) is 2.86. The highest BCUT2D eigenvalue weighted by Gasteiger charge is 2.37. The number of nitrogens with zero attached hydrogens (tertiary/aromatic N) is 2. The topological polar surface area (TPSA) is 149 Å². The normalized spacial score (nSPS) is 16.4. The lowest BCUT2D eigenvalue weighted by atomic mass is 9.93. The highest BCUT2D eigenvalue weighted by atomic mass is 17.1. The van der Waals surface area contributed by atoms with Crippen LogP contribution in [0.4, 0.5) is 0 Å². The van der Waals surface area contributed by atoms with Gasteiger partial charge in [-0.2, -0.15) is 0 Å². The zero-order chi connectivity index (χ0) is 28.2. The Morgan fingerprint density at radius 2 is 1.67 bits per heavy atom. The van der Waals surface area contributed by atoms with Crippen molar-refractivity contribution in [2.75, 3.05) is 13.2 Å². The lowest BCUT2D eigenvalue weighted by Gasteiger charge is -2.36. The third-order valence-corrected chi connectivity index (χ3v) is 6.73. The molecular formula is C28H37N3O8. The molecule has 0 aliphatic carbocycles. The molecule has 0 saturated heterocycles. The third-order valence-electron chi connectivity index (χ3n) is 6.73. The van der Waals surface area contributed by atoms with Gasteiger partial charge in [-0.05, 0) is 55.7 Å².